The molecule has 0 aliphatic heterocycles. The van der Waals surface area contributed by atoms with Gasteiger partial charge in [0.25, 0.3) is 0 Å². The summed E-state index contributed by atoms with van der Waals surface area (Å²) < 4.78 is 0. The lowest BCUT2D eigenvalue weighted by Crippen LogP contribution is -2.33. The van der Waals surface area contributed by atoms with E-state index in [1.54, 1.807) is 18.5 Å². The Morgan fingerprint density at radius 3 is 2.55 bits per heavy atom. The maximum absolute atomic E-state index is 11.3. The van der Waals surface area contributed by atoms with Crippen molar-refractivity contribution in [2.45, 2.75) is 0 Å². The Bertz CT molecular complexity index is 636. The predicted octanol–water partition coefficient (Wildman–Crippen LogP) is 2.12. The van der Waals surface area contributed by atoms with Gasteiger partial charge >= 0.3 is 0 Å². The smallest absolute Gasteiger partial charge is 0.250 e. The molecular weight excluding hydrogens is 270 g/mol. The zero-order valence-corrected chi connectivity index (χ0v) is 11.4. The molecule has 0 spiro atoms. The van der Waals surface area contributed by atoms with Crippen LogP contribution in [0.2, 0.25) is 0 Å². The highest BCUT2D eigenvalue weighted by Gasteiger charge is 1.98. The SMILES string of the molecule is NC(=S)NC(=O)/C=C/c1ccc(-c2cccnc2)cc1. The Labute approximate surface area is 122 Å². The summed E-state index contributed by atoms with van der Waals surface area (Å²) in [6.07, 6.45) is 6.63. The number of carbonyl (C=O) groups excluding carboxylic acids is 1. The molecule has 1 amide bonds. The summed E-state index contributed by atoms with van der Waals surface area (Å²) in [5.74, 6) is -0.339. The van der Waals surface area contributed by atoms with E-state index >= 15 is 0 Å². The maximum Gasteiger partial charge on any atom is 0.250 e. The molecule has 0 atom stereocenters. The molecule has 0 saturated carbocycles. The first-order valence-corrected chi connectivity index (χ1v) is 6.35. The topological polar surface area (TPSA) is 68.0 Å². The van der Waals surface area contributed by atoms with Crippen molar-refractivity contribution >= 4 is 29.3 Å². The van der Waals surface area contributed by atoms with Crippen molar-refractivity contribution in [3.05, 3.63) is 60.4 Å². The van der Waals surface area contributed by atoms with Gasteiger partial charge in [0.2, 0.25) is 5.91 Å². The number of thiocarbonyl (C=S) groups is 1. The van der Waals surface area contributed by atoms with Crippen molar-refractivity contribution in [1.29, 1.82) is 0 Å². The first-order chi connectivity index (χ1) is 9.65. The van der Waals surface area contributed by atoms with E-state index in [-0.39, 0.29) is 11.0 Å². The Hall–Kier alpha value is -2.53. The summed E-state index contributed by atoms with van der Waals surface area (Å²) in [5.41, 5.74) is 8.24. The van der Waals surface area contributed by atoms with Gasteiger partial charge in [-0.25, -0.2) is 0 Å². The van der Waals surface area contributed by atoms with Gasteiger partial charge in [0, 0.05) is 18.5 Å². The standard InChI is InChI=1S/C15H13N3OS/c16-15(20)18-14(19)8-5-11-3-6-12(7-4-11)13-2-1-9-17-10-13/h1-10H,(H3,16,18,19,20)/b8-5+. The van der Waals surface area contributed by atoms with E-state index in [9.17, 15) is 4.79 Å². The third-order valence-electron chi connectivity index (χ3n) is 2.58. The van der Waals surface area contributed by atoms with Gasteiger partial charge in [-0.1, -0.05) is 30.3 Å². The summed E-state index contributed by atoms with van der Waals surface area (Å²) in [6, 6.07) is 11.7. The second-order valence-corrected chi connectivity index (χ2v) is 4.49. The van der Waals surface area contributed by atoms with Crippen molar-refractivity contribution in [2.75, 3.05) is 0 Å². The molecule has 0 fully saturated rings. The number of pyridine rings is 1. The maximum atomic E-state index is 11.3. The second kappa shape index (κ2) is 6.58. The van der Waals surface area contributed by atoms with Crippen molar-refractivity contribution in [3.8, 4) is 11.1 Å². The highest BCUT2D eigenvalue weighted by molar-refractivity contribution is 7.80. The van der Waals surface area contributed by atoms with E-state index in [4.69, 9.17) is 5.73 Å². The molecule has 5 heteroatoms. The molecule has 20 heavy (non-hydrogen) atoms. The molecule has 0 bridgehead atoms. The van der Waals surface area contributed by atoms with Crippen molar-refractivity contribution in [3.63, 3.8) is 0 Å². The molecule has 0 radical (unpaired) electrons. The number of nitrogens with one attached hydrogen (secondary N) is 1. The molecular formula is C15H13N3OS. The highest BCUT2D eigenvalue weighted by Crippen LogP contribution is 2.18. The molecule has 0 saturated heterocycles. The van der Waals surface area contributed by atoms with Gasteiger partial charge in [0.1, 0.15) is 0 Å². The number of hydrogen-bond donors (Lipinski definition) is 2. The third kappa shape index (κ3) is 4.00. The van der Waals surface area contributed by atoms with Crippen LogP contribution in [0.1, 0.15) is 5.56 Å². The average molecular weight is 283 g/mol. The van der Waals surface area contributed by atoms with E-state index in [1.165, 1.54) is 6.08 Å². The molecule has 0 aliphatic rings. The van der Waals surface area contributed by atoms with Crippen LogP contribution in [0.4, 0.5) is 0 Å². The fraction of sp³-hybridized carbons (Fsp3) is 0. The number of nitrogens with two attached hydrogens (primary N) is 1. The number of carbonyl (C=O) groups is 1. The zero-order valence-electron chi connectivity index (χ0n) is 10.6. The fourth-order valence-corrected chi connectivity index (χ4v) is 1.76. The lowest BCUT2D eigenvalue weighted by molar-refractivity contribution is -0.115. The third-order valence-corrected chi connectivity index (χ3v) is 2.68. The summed E-state index contributed by atoms with van der Waals surface area (Å²) in [5, 5.41) is 2.29. The van der Waals surface area contributed by atoms with E-state index in [0.717, 1.165) is 16.7 Å². The first kappa shape index (κ1) is 13.9. The van der Waals surface area contributed by atoms with Gasteiger partial charge in [-0.05, 0) is 41.1 Å². The number of aromatic nitrogens is 1. The molecule has 4 nitrogen and oxygen atoms in total. The van der Waals surface area contributed by atoms with Crippen LogP contribution in [-0.2, 0) is 4.79 Å². The zero-order chi connectivity index (χ0) is 14.4. The van der Waals surface area contributed by atoms with Crippen molar-refractivity contribution in [2.24, 2.45) is 5.73 Å². The van der Waals surface area contributed by atoms with E-state index in [1.807, 2.05) is 36.4 Å². The predicted molar refractivity (Wildman–Crippen MR) is 83.6 cm³/mol. The van der Waals surface area contributed by atoms with E-state index in [0.29, 0.717) is 0 Å². The molecule has 100 valence electrons. The minimum Gasteiger partial charge on any atom is -0.376 e. The Morgan fingerprint density at radius 1 is 1.20 bits per heavy atom. The highest BCUT2D eigenvalue weighted by atomic mass is 32.1. The van der Waals surface area contributed by atoms with Crippen LogP contribution >= 0.6 is 12.2 Å². The molecule has 2 rings (SSSR count). The lowest BCUT2D eigenvalue weighted by Gasteiger charge is -2.01. The van der Waals surface area contributed by atoms with Crippen LogP contribution < -0.4 is 11.1 Å². The van der Waals surface area contributed by atoms with E-state index in [2.05, 4.69) is 22.5 Å². The summed E-state index contributed by atoms with van der Waals surface area (Å²) in [4.78, 5) is 15.4. The van der Waals surface area contributed by atoms with Gasteiger partial charge in [-0.3, -0.25) is 15.1 Å². The minimum absolute atomic E-state index is 0.0356. The van der Waals surface area contributed by atoms with Crippen LogP contribution in [0.3, 0.4) is 0 Å². The Balaban J connectivity index is 2.07. The van der Waals surface area contributed by atoms with Crippen LogP contribution in [0.15, 0.2) is 54.9 Å². The molecule has 0 unspecified atom stereocenters. The summed E-state index contributed by atoms with van der Waals surface area (Å²) in [6.45, 7) is 0. The summed E-state index contributed by atoms with van der Waals surface area (Å²) >= 11 is 4.58. The van der Waals surface area contributed by atoms with Crippen molar-refractivity contribution < 1.29 is 4.79 Å². The summed E-state index contributed by atoms with van der Waals surface area (Å²) in [7, 11) is 0. The molecule has 1 aromatic carbocycles. The number of amides is 1. The minimum atomic E-state index is -0.339. The van der Waals surface area contributed by atoms with Gasteiger partial charge < -0.3 is 5.73 Å². The fourth-order valence-electron chi connectivity index (χ4n) is 1.66. The average Bonchev–Trinajstić information content (AvgIpc) is 2.46. The lowest BCUT2D eigenvalue weighted by atomic mass is 10.1. The van der Waals surface area contributed by atoms with Gasteiger partial charge in [0.05, 0.1) is 0 Å². The molecule has 0 aliphatic carbocycles. The van der Waals surface area contributed by atoms with Crippen LogP contribution in [0.25, 0.3) is 17.2 Å². The molecule has 1 aromatic heterocycles. The number of hydrogen-bond acceptors (Lipinski definition) is 3. The molecule has 3 N–H and O–H groups in total. The number of nitrogens with zero attached hydrogens (tertiary/aromatic N) is 1. The van der Waals surface area contributed by atoms with Crippen LogP contribution in [0.5, 0.6) is 0 Å². The van der Waals surface area contributed by atoms with Crippen molar-refractivity contribution in [1.82, 2.24) is 10.3 Å². The van der Waals surface area contributed by atoms with E-state index < -0.39 is 0 Å². The Morgan fingerprint density at radius 2 is 1.95 bits per heavy atom. The first-order valence-electron chi connectivity index (χ1n) is 5.94. The molecule has 1 heterocycles. The molecule has 2 aromatic rings. The largest absolute Gasteiger partial charge is 0.376 e. The Kier molecular flexibility index (Phi) is 4.57. The normalized spacial score (nSPS) is 10.4. The quantitative estimate of drug-likeness (QED) is 0.669. The van der Waals surface area contributed by atoms with Crippen LogP contribution in [0, 0.1) is 0 Å². The number of rotatable bonds is 3. The van der Waals surface area contributed by atoms with Gasteiger partial charge in [-0.15, -0.1) is 0 Å². The van der Waals surface area contributed by atoms with Gasteiger partial charge in [0.15, 0.2) is 5.11 Å². The monoisotopic (exact) mass is 283 g/mol. The van der Waals surface area contributed by atoms with Gasteiger partial charge in [-0.2, -0.15) is 0 Å². The van der Waals surface area contributed by atoms with Crippen LogP contribution in [-0.4, -0.2) is 16.0 Å². The second-order valence-electron chi connectivity index (χ2n) is 4.05. The number of benzene rings is 1.